The molecule has 2 amide bonds. The summed E-state index contributed by atoms with van der Waals surface area (Å²) in [5.74, 6) is -0.931. The number of hydrogen-bond acceptors (Lipinski definition) is 13. The summed E-state index contributed by atoms with van der Waals surface area (Å²) < 4.78 is 48.9. The molecule has 0 radical (unpaired) electrons. The maximum Gasteiger partial charge on any atom is 0.483 e. The lowest BCUT2D eigenvalue weighted by molar-refractivity contribution is -0.212. The van der Waals surface area contributed by atoms with Crippen LogP contribution in [0.25, 0.3) is 0 Å². The molecular formula is C18H29N3O14P2. The first-order valence-electron chi connectivity index (χ1n) is 10.9. The Labute approximate surface area is 210 Å². The normalized spacial score (nSPS) is 37.5. The quantitative estimate of drug-likeness (QED) is 0.149. The van der Waals surface area contributed by atoms with Crippen LogP contribution in [0.1, 0.15) is 20.3 Å². The topological polar surface area (TPSA) is 243 Å². The molecule has 10 atom stereocenters. The van der Waals surface area contributed by atoms with E-state index in [-0.39, 0.29) is 12.2 Å². The molecule has 0 aromatic rings. The van der Waals surface area contributed by atoms with E-state index < -0.39 is 83.1 Å². The number of nitrogens with one attached hydrogen (secondary N) is 2. The third-order valence-electron chi connectivity index (χ3n) is 5.45. The number of amides is 2. The number of hydrogen-bond donors (Lipinski definition) is 7. The highest BCUT2D eigenvalue weighted by molar-refractivity contribution is 7.61. The molecule has 37 heavy (non-hydrogen) atoms. The summed E-state index contributed by atoms with van der Waals surface area (Å²) in [4.78, 5) is 43.8. The zero-order valence-corrected chi connectivity index (χ0v) is 21.4. The maximum absolute atomic E-state index is 12.4. The van der Waals surface area contributed by atoms with Crippen molar-refractivity contribution in [1.82, 2.24) is 15.5 Å². The summed E-state index contributed by atoms with van der Waals surface area (Å²) in [6.45, 7) is 5.44. The average Bonchev–Trinajstić information content (AvgIpc) is 3.02. The van der Waals surface area contributed by atoms with E-state index in [1.165, 1.54) is 24.9 Å². The molecule has 17 nitrogen and oxygen atoms in total. The van der Waals surface area contributed by atoms with E-state index in [9.17, 15) is 43.8 Å². The molecule has 0 aliphatic carbocycles. The first-order chi connectivity index (χ1) is 17.1. The van der Waals surface area contributed by atoms with E-state index >= 15 is 0 Å². The first kappa shape index (κ1) is 29.8. The second kappa shape index (κ2) is 11.6. The van der Waals surface area contributed by atoms with Gasteiger partial charge in [0.1, 0.15) is 30.2 Å². The van der Waals surface area contributed by atoms with Crippen molar-refractivity contribution < 1.29 is 66.7 Å². The Hall–Kier alpha value is -1.72. The fourth-order valence-electron chi connectivity index (χ4n) is 3.84. The second-order valence-electron chi connectivity index (χ2n) is 8.47. The van der Waals surface area contributed by atoms with Gasteiger partial charge in [-0.3, -0.25) is 18.6 Å². The van der Waals surface area contributed by atoms with Crippen LogP contribution in [0.4, 0.5) is 0 Å². The second-order valence-corrected chi connectivity index (χ2v) is 11.5. The van der Waals surface area contributed by atoms with Gasteiger partial charge in [-0.05, 0) is 13.3 Å². The third kappa shape index (κ3) is 7.66. The van der Waals surface area contributed by atoms with Crippen LogP contribution in [0.3, 0.4) is 0 Å². The minimum Gasteiger partial charge on any atom is -0.387 e. The van der Waals surface area contributed by atoms with Gasteiger partial charge in [0.2, 0.25) is 5.91 Å². The van der Waals surface area contributed by atoms with Gasteiger partial charge in [-0.1, -0.05) is 6.58 Å². The third-order valence-corrected chi connectivity index (χ3v) is 8.05. The van der Waals surface area contributed by atoms with E-state index in [0.29, 0.717) is 0 Å². The highest BCUT2D eigenvalue weighted by Gasteiger charge is 2.48. The van der Waals surface area contributed by atoms with Crippen molar-refractivity contribution in [2.75, 3.05) is 6.61 Å². The van der Waals surface area contributed by atoms with E-state index in [1.807, 2.05) is 0 Å². The molecule has 5 unspecified atom stereocenters. The number of phosphoric ester groups is 2. The number of ether oxygens (including phenoxy) is 2. The number of phosphoric acid groups is 2. The molecule has 2 fully saturated rings. The van der Waals surface area contributed by atoms with Gasteiger partial charge >= 0.3 is 15.6 Å². The average molecular weight is 573 g/mol. The smallest absolute Gasteiger partial charge is 0.387 e. The van der Waals surface area contributed by atoms with Crippen LogP contribution in [-0.2, 0) is 41.6 Å². The minimum absolute atomic E-state index is 0.0297. The SMILES string of the molecule is C=C1NC(=O)C=CN1[C@@H]1O[C@H](COP(=O)(O)OP(=O)(O)O[C@@H]2OC(C)C[C@H](NC(C)=O)C2O)C(O)[C@@H]1O. The van der Waals surface area contributed by atoms with Crippen molar-refractivity contribution in [3.05, 3.63) is 24.7 Å². The van der Waals surface area contributed by atoms with Crippen molar-refractivity contribution in [1.29, 1.82) is 0 Å². The van der Waals surface area contributed by atoms with Crippen LogP contribution in [0.2, 0.25) is 0 Å². The molecule has 0 aromatic heterocycles. The predicted octanol–water partition coefficient (Wildman–Crippen LogP) is -1.90. The zero-order chi connectivity index (χ0) is 27.7. The van der Waals surface area contributed by atoms with Crippen LogP contribution >= 0.6 is 15.6 Å². The Morgan fingerprint density at radius 1 is 1.22 bits per heavy atom. The van der Waals surface area contributed by atoms with E-state index in [2.05, 4.69) is 26.0 Å². The van der Waals surface area contributed by atoms with Gasteiger partial charge in [-0.25, -0.2) is 9.13 Å². The molecule has 0 bridgehead atoms. The molecular weight excluding hydrogens is 544 g/mol. The summed E-state index contributed by atoms with van der Waals surface area (Å²) >= 11 is 0. The Bertz CT molecular complexity index is 1030. The maximum atomic E-state index is 12.4. The van der Waals surface area contributed by atoms with E-state index in [1.54, 1.807) is 0 Å². The molecule has 2 saturated heterocycles. The van der Waals surface area contributed by atoms with Gasteiger partial charge in [0.25, 0.3) is 5.91 Å². The Kier molecular flexibility index (Phi) is 9.33. The number of carbonyl (C=O) groups is 2. The molecule has 0 spiro atoms. The van der Waals surface area contributed by atoms with Crippen LogP contribution in [-0.4, -0.2) is 97.5 Å². The number of aliphatic hydroxyl groups excluding tert-OH is 3. The fraction of sp³-hybridized carbons (Fsp3) is 0.667. The van der Waals surface area contributed by atoms with Gasteiger partial charge in [0.15, 0.2) is 12.5 Å². The van der Waals surface area contributed by atoms with Crippen LogP contribution in [0.15, 0.2) is 24.7 Å². The Morgan fingerprint density at radius 3 is 2.51 bits per heavy atom. The van der Waals surface area contributed by atoms with Gasteiger partial charge in [-0.2, -0.15) is 4.31 Å². The number of carbonyl (C=O) groups excluding carboxylic acids is 2. The standard InChI is InChI=1S/C18H29N3O14P2/c1-8-6-11(20-10(3)22)14(24)18(32-8)34-37(29,30)35-36(27,28)31-7-12-15(25)16(26)17(33-12)21-5-4-13(23)19-9(21)2/h4-5,8,11-12,14-18,24-26H,2,6-7H2,1,3H3,(H,19,23)(H,20,22)(H,27,28)(H,29,30)/t8?,11-,12+,14?,15?,16-,17+,18-/m0/s1. The van der Waals surface area contributed by atoms with Crippen molar-refractivity contribution in [3.63, 3.8) is 0 Å². The molecule has 0 saturated carbocycles. The summed E-state index contributed by atoms with van der Waals surface area (Å²) in [7, 11) is -10.7. The van der Waals surface area contributed by atoms with Gasteiger partial charge in [-0.15, -0.1) is 0 Å². The highest BCUT2D eigenvalue weighted by Crippen LogP contribution is 2.61. The van der Waals surface area contributed by atoms with E-state index in [0.717, 1.165) is 6.08 Å². The molecule has 210 valence electrons. The summed E-state index contributed by atoms with van der Waals surface area (Å²) in [5, 5.41) is 35.6. The fourth-order valence-corrected chi connectivity index (χ4v) is 6.00. The van der Waals surface area contributed by atoms with Crippen LogP contribution in [0.5, 0.6) is 0 Å². The molecule has 19 heteroatoms. The van der Waals surface area contributed by atoms with Gasteiger partial charge in [0, 0.05) is 19.2 Å². The summed E-state index contributed by atoms with van der Waals surface area (Å²) in [5.41, 5.74) is 0. The van der Waals surface area contributed by atoms with Crippen LogP contribution in [0, 0.1) is 0 Å². The number of aliphatic hydroxyl groups is 3. The van der Waals surface area contributed by atoms with Crippen molar-refractivity contribution in [2.24, 2.45) is 0 Å². The van der Waals surface area contributed by atoms with Crippen molar-refractivity contribution >= 4 is 27.5 Å². The van der Waals surface area contributed by atoms with Gasteiger partial charge in [0.05, 0.1) is 18.8 Å². The van der Waals surface area contributed by atoms with Crippen molar-refractivity contribution in [2.45, 2.75) is 69.3 Å². The molecule has 0 aromatic carbocycles. The Morgan fingerprint density at radius 2 is 1.89 bits per heavy atom. The predicted molar refractivity (Wildman–Crippen MR) is 119 cm³/mol. The van der Waals surface area contributed by atoms with Crippen molar-refractivity contribution in [3.8, 4) is 0 Å². The summed E-state index contributed by atoms with van der Waals surface area (Å²) in [6.07, 6.45) is -7.44. The monoisotopic (exact) mass is 573 g/mol. The summed E-state index contributed by atoms with van der Waals surface area (Å²) in [6, 6.07) is -0.900. The molecule has 7 N–H and O–H groups in total. The van der Waals surface area contributed by atoms with E-state index in [4.69, 9.17) is 14.0 Å². The Balaban J connectivity index is 1.58. The number of rotatable bonds is 9. The lowest BCUT2D eigenvalue weighted by atomic mass is 10.0. The minimum atomic E-state index is -5.40. The van der Waals surface area contributed by atoms with Crippen LogP contribution < -0.4 is 10.6 Å². The zero-order valence-electron chi connectivity index (χ0n) is 19.6. The molecule has 3 heterocycles. The number of nitrogens with zero attached hydrogens (tertiary/aromatic N) is 1. The lowest BCUT2D eigenvalue weighted by Gasteiger charge is -2.38. The first-order valence-corrected chi connectivity index (χ1v) is 13.9. The lowest BCUT2D eigenvalue weighted by Crippen LogP contribution is -2.55. The molecule has 3 aliphatic rings. The largest absolute Gasteiger partial charge is 0.483 e. The van der Waals surface area contributed by atoms with Gasteiger partial charge < -0.3 is 50.1 Å². The highest BCUT2D eigenvalue weighted by atomic mass is 31.3. The molecule has 3 aliphatic heterocycles. The molecule has 3 rings (SSSR count).